The number of benzene rings is 2. The van der Waals surface area contributed by atoms with Crippen LogP contribution in [-0.2, 0) is 14.8 Å². The predicted octanol–water partition coefficient (Wildman–Crippen LogP) is 3.22. The van der Waals surface area contributed by atoms with E-state index < -0.39 is 10.0 Å². The van der Waals surface area contributed by atoms with Crippen molar-refractivity contribution in [1.82, 2.24) is 9.62 Å². The van der Waals surface area contributed by atoms with Crippen molar-refractivity contribution in [2.45, 2.75) is 31.2 Å². The zero-order chi connectivity index (χ0) is 20.7. The van der Waals surface area contributed by atoms with Gasteiger partial charge in [0, 0.05) is 7.05 Å². The van der Waals surface area contributed by atoms with Gasteiger partial charge in [-0.05, 0) is 42.2 Å². The van der Waals surface area contributed by atoms with Gasteiger partial charge >= 0.3 is 0 Å². The van der Waals surface area contributed by atoms with Gasteiger partial charge in [0.1, 0.15) is 5.75 Å². The fourth-order valence-electron chi connectivity index (χ4n) is 2.89. The summed E-state index contributed by atoms with van der Waals surface area (Å²) in [5, 5.41) is 2.97. The average molecular weight is 405 g/mol. The molecule has 1 N–H and O–H groups in total. The van der Waals surface area contributed by atoms with Crippen LogP contribution in [0.5, 0.6) is 5.75 Å². The van der Waals surface area contributed by atoms with E-state index in [1.807, 2.05) is 30.3 Å². The number of hydrogen-bond donors (Lipinski definition) is 1. The number of nitrogens with zero attached hydrogens (tertiary/aromatic N) is 1. The summed E-state index contributed by atoms with van der Waals surface area (Å²) in [6.07, 6.45) is 0.769. The molecule has 0 heterocycles. The van der Waals surface area contributed by atoms with Crippen molar-refractivity contribution in [3.63, 3.8) is 0 Å². The molecule has 28 heavy (non-hydrogen) atoms. The highest BCUT2D eigenvalue weighted by Gasteiger charge is 2.24. The molecule has 0 aliphatic heterocycles. The smallest absolute Gasteiger partial charge is 0.243 e. The third-order valence-corrected chi connectivity index (χ3v) is 6.20. The molecule has 0 radical (unpaired) electrons. The van der Waals surface area contributed by atoms with E-state index >= 15 is 0 Å². The Labute approximate surface area is 167 Å². The van der Waals surface area contributed by atoms with Gasteiger partial charge in [0.05, 0.1) is 24.6 Å². The number of carbonyl (C=O) groups excluding carboxylic acids is 1. The van der Waals surface area contributed by atoms with Gasteiger partial charge in [-0.1, -0.05) is 44.2 Å². The van der Waals surface area contributed by atoms with E-state index in [2.05, 4.69) is 19.2 Å². The van der Waals surface area contributed by atoms with Crippen LogP contribution in [0.1, 0.15) is 31.9 Å². The summed E-state index contributed by atoms with van der Waals surface area (Å²) in [7, 11) is -0.849. The highest BCUT2D eigenvalue weighted by atomic mass is 32.2. The first-order chi connectivity index (χ1) is 13.2. The van der Waals surface area contributed by atoms with Gasteiger partial charge < -0.3 is 10.1 Å². The molecule has 0 aliphatic carbocycles. The second-order valence-electron chi connectivity index (χ2n) is 7.10. The van der Waals surface area contributed by atoms with Gasteiger partial charge in [-0.2, -0.15) is 4.31 Å². The maximum Gasteiger partial charge on any atom is 0.243 e. The van der Waals surface area contributed by atoms with Crippen LogP contribution < -0.4 is 10.1 Å². The topological polar surface area (TPSA) is 75.7 Å². The Kier molecular flexibility index (Phi) is 7.60. The molecule has 0 aliphatic rings. The van der Waals surface area contributed by atoms with Crippen LogP contribution in [0.3, 0.4) is 0 Å². The number of likely N-dealkylation sites (N-methyl/N-ethyl adjacent to an activating group) is 1. The van der Waals surface area contributed by atoms with Gasteiger partial charge in [-0.15, -0.1) is 0 Å². The van der Waals surface area contributed by atoms with Crippen molar-refractivity contribution >= 4 is 15.9 Å². The van der Waals surface area contributed by atoms with Crippen molar-refractivity contribution < 1.29 is 17.9 Å². The van der Waals surface area contributed by atoms with Crippen LogP contribution in [0.4, 0.5) is 0 Å². The first kappa shape index (κ1) is 21.9. The highest BCUT2D eigenvalue weighted by Crippen LogP contribution is 2.22. The first-order valence-corrected chi connectivity index (χ1v) is 10.6. The molecule has 6 nitrogen and oxygen atoms in total. The minimum atomic E-state index is -3.77. The molecule has 1 amide bonds. The van der Waals surface area contributed by atoms with E-state index in [0.29, 0.717) is 11.7 Å². The number of methoxy groups -OCH3 is 1. The molecule has 2 aromatic carbocycles. The molecule has 0 saturated heterocycles. The lowest BCUT2D eigenvalue weighted by Crippen LogP contribution is -2.40. The molecular weight excluding hydrogens is 376 g/mol. The fourth-order valence-corrected chi connectivity index (χ4v) is 4.02. The molecule has 1 atom stereocenters. The molecule has 0 aromatic heterocycles. The van der Waals surface area contributed by atoms with Crippen LogP contribution in [-0.4, -0.2) is 39.3 Å². The van der Waals surface area contributed by atoms with Gasteiger partial charge in [0.25, 0.3) is 0 Å². The van der Waals surface area contributed by atoms with Crippen molar-refractivity contribution in [2.75, 3.05) is 20.7 Å². The highest BCUT2D eigenvalue weighted by molar-refractivity contribution is 7.89. The largest absolute Gasteiger partial charge is 0.497 e. The van der Waals surface area contributed by atoms with Crippen LogP contribution in [0.2, 0.25) is 0 Å². The minimum Gasteiger partial charge on any atom is -0.497 e. The average Bonchev–Trinajstić information content (AvgIpc) is 2.67. The van der Waals surface area contributed by atoms with Crippen molar-refractivity contribution in [2.24, 2.45) is 5.92 Å². The summed E-state index contributed by atoms with van der Waals surface area (Å²) in [6, 6.07) is 15.6. The lowest BCUT2D eigenvalue weighted by molar-refractivity contribution is -0.122. The summed E-state index contributed by atoms with van der Waals surface area (Å²) >= 11 is 0. The van der Waals surface area contributed by atoms with Crippen molar-refractivity contribution in [3.8, 4) is 5.75 Å². The summed E-state index contributed by atoms with van der Waals surface area (Å²) in [5.41, 5.74) is 1.00. The zero-order valence-electron chi connectivity index (χ0n) is 16.8. The van der Waals surface area contributed by atoms with Gasteiger partial charge in [-0.25, -0.2) is 8.42 Å². The Hall–Kier alpha value is -2.38. The maximum absolute atomic E-state index is 12.7. The second kappa shape index (κ2) is 9.71. The van der Waals surface area contributed by atoms with Crippen LogP contribution in [0, 0.1) is 5.92 Å². The van der Waals surface area contributed by atoms with Crippen LogP contribution >= 0.6 is 0 Å². The van der Waals surface area contributed by atoms with E-state index in [9.17, 15) is 13.2 Å². The Morgan fingerprint density at radius 2 is 1.68 bits per heavy atom. The summed E-state index contributed by atoms with van der Waals surface area (Å²) in [5.74, 6) is 0.610. The Bertz CT molecular complexity index is 865. The van der Waals surface area contributed by atoms with Gasteiger partial charge in [0.2, 0.25) is 15.9 Å². The van der Waals surface area contributed by atoms with Gasteiger partial charge in [0.15, 0.2) is 0 Å². The SMILES string of the molecule is COc1ccc(S(=O)(=O)N(C)CC(=O)N[C@@H](CC(C)C)c2ccccc2)cc1. The quantitative estimate of drug-likeness (QED) is 0.696. The third kappa shape index (κ3) is 5.81. The van der Waals surface area contributed by atoms with E-state index in [1.165, 1.54) is 26.3 Å². The molecule has 0 spiro atoms. The van der Waals surface area contributed by atoms with Crippen molar-refractivity contribution in [1.29, 1.82) is 0 Å². The predicted molar refractivity (Wildman–Crippen MR) is 110 cm³/mol. The maximum atomic E-state index is 12.7. The molecule has 0 bridgehead atoms. The molecule has 152 valence electrons. The summed E-state index contributed by atoms with van der Waals surface area (Å²) < 4.78 is 31.5. The minimum absolute atomic E-state index is 0.116. The Morgan fingerprint density at radius 3 is 2.21 bits per heavy atom. The molecule has 0 fully saturated rings. The second-order valence-corrected chi connectivity index (χ2v) is 9.14. The summed E-state index contributed by atoms with van der Waals surface area (Å²) in [6.45, 7) is 3.92. The van der Waals surface area contributed by atoms with Crippen LogP contribution in [0.25, 0.3) is 0 Å². The normalized spacial score (nSPS) is 12.8. The lowest BCUT2D eigenvalue weighted by atomic mass is 9.97. The Balaban J connectivity index is 2.08. The van der Waals surface area contributed by atoms with E-state index in [-0.39, 0.29) is 23.4 Å². The standard InChI is InChI=1S/C21H28N2O4S/c1-16(2)14-20(17-8-6-5-7-9-17)22-21(24)15-23(3)28(25,26)19-12-10-18(27-4)11-13-19/h5-13,16,20H,14-15H2,1-4H3,(H,22,24)/t20-/m0/s1. The number of carbonyl (C=O) groups is 1. The number of hydrogen-bond acceptors (Lipinski definition) is 4. The molecule has 2 rings (SSSR count). The Morgan fingerprint density at radius 1 is 1.07 bits per heavy atom. The number of ether oxygens (including phenoxy) is 1. The number of rotatable bonds is 9. The molecule has 0 unspecified atom stereocenters. The fraction of sp³-hybridized carbons (Fsp3) is 0.381. The monoisotopic (exact) mass is 404 g/mol. The zero-order valence-corrected chi connectivity index (χ0v) is 17.6. The first-order valence-electron chi connectivity index (χ1n) is 9.18. The molecular formula is C21H28N2O4S. The summed E-state index contributed by atoms with van der Waals surface area (Å²) in [4.78, 5) is 12.7. The van der Waals surface area contributed by atoms with E-state index in [1.54, 1.807) is 12.1 Å². The van der Waals surface area contributed by atoms with E-state index in [4.69, 9.17) is 4.74 Å². The number of sulfonamides is 1. The third-order valence-electron chi connectivity index (χ3n) is 4.38. The lowest BCUT2D eigenvalue weighted by Gasteiger charge is -2.23. The van der Waals surface area contributed by atoms with Gasteiger partial charge in [-0.3, -0.25) is 4.79 Å². The van der Waals surface area contributed by atoms with Crippen LogP contribution in [0.15, 0.2) is 59.5 Å². The molecule has 2 aromatic rings. The molecule has 7 heteroatoms. The van der Waals surface area contributed by atoms with E-state index in [0.717, 1.165) is 16.3 Å². The number of amides is 1. The van der Waals surface area contributed by atoms with Crippen molar-refractivity contribution in [3.05, 3.63) is 60.2 Å². The number of nitrogens with one attached hydrogen (secondary N) is 1. The molecule has 0 saturated carbocycles.